The summed E-state index contributed by atoms with van der Waals surface area (Å²) in [4.78, 5) is 0. The topological polar surface area (TPSA) is 18.5 Å². The quantitative estimate of drug-likeness (QED) is 0.208. The van der Waals surface area contributed by atoms with Gasteiger partial charge in [-0.1, -0.05) is 94.0 Å². The van der Waals surface area contributed by atoms with Crippen molar-refractivity contribution in [1.82, 2.24) is 0 Å². The average Bonchev–Trinajstić information content (AvgIpc) is 2.85. The lowest BCUT2D eigenvalue weighted by atomic mass is 10.0. The van der Waals surface area contributed by atoms with E-state index in [1.165, 1.54) is 49.7 Å². The Bertz CT molecular complexity index is 935. The minimum Gasteiger partial charge on any atom is -0.494 e. The van der Waals surface area contributed by atoms with Crippen molar-refractivity contribution in [3.8, 4) is 22.6 Å². The number of aryl methyl sites for hydroxylation is 2. The maximum atomic E-state index is 12.3. The average molecular weight is 467 g/mol. The molecule has 182 valence electrons. The molecule has 0 bridgehead atoms. The molecule has 0 radical (unpaired) electrons. The third kappa shape index (κ3) is 9.17. The van der Waals surface area contributed by atoms with Crippen molar-refractivity contribution in [2.45, 2.75) is 71.3 Å². The molecular formula is C30H36F2O2. The predicted molar refractivity (Wildman–Crippen MR) is 136 cm³/mol. The normalized spacial score (nSPS) is 11.1. The summed E-state index contributed by atoms with van der Waals surface area (Å²) in [5, 5.41) is 0. The maximum Gasteiger partial charge on any atom is 0.387 e. The molecule has 3 rings (SSSR count). The molecule has 0 unspecified atom stereocenters. The highest BCUT2D eigenvalue weighted by atomic mass is 19.3. The summed E-state index contributed by atoms with van der Waals surface area (Å²) in [6.45, 7) is 0.240. The molecule has 0 atom stereocenters. The fraction of sp³-hybridized carbons (Fsp3) is 0.400. The Morgan fingerprint density at radius 3 is 1.62 bits per heavy atom. The standard InChI is InChI=1S/C30H36F2O2/c1-2-3-4-5-6-7-8-23-33-28-19-13-25(14-20-28)10-9-24-11-15-26(16-12-24)27-17-21-29(22-18-27)34-30(31)32/h11-22,30H,2-10,23H2,1H3. The number of hydrogen-bond donors (Lipinski definition) is 0. The van der Waals surface area contributed by atoms with Crippen LogP contribution < -0.4 is 9.47 Å². The van der Waals surface area contributed by atoms with Gasteiger partial charge in [0.15, 0.2) is 0 Å². The minimum absolute atomic E-state index is 0.171. The summed E-state index contributed by atoms with van der Waals surface area (Å²) in [7, 11) is 0. The van der Waals surface area contributed by atoms with Crippen molar-refractivity contribution in [3.05, 3.63) is 83.9 Å². The highest BCUT2D eigenvalue weighted by molar-refractivity contribution is 5.64. The van der Waals surface area contributed by atoms with Crippen LogP contribution in [0.25, 0.3) is 11.1 Å². The van der Waals surface area contributed by atoms with Crippen molar-refractivity contribution >= 4 is 0 Å². The molecule has 0 amide bonds. The van der Waals surface area contributed by atoms with E-state index in [-0.39, 0.29) is 5.75 Å². The van der Waals surface area contributed by atoms with Gasteiger partial charge in [-0.05, 0) is 65.8 Å². The number of ether oxygens (including phenoxy) is 2. The molecule has 34 heavy (non-hydrogen) atoms. The van der Waals surface area contributed by atoms with Crippen molar-refractivity contribution < 1.29 is 18.3 Å². The molecule has 0 fully saturated rings. The molecular weight excluding hydrogens is 430 g/mol. The van der Waals surface area contributed by atoms with E-state index in [1.807, 2.05) is 0 Å². The van der Waals surface area contributed by atoms with E-state index in [0.717, 1.165) is 42.7 Å². The monoisotopic (exact) mass is 466 g/mol. The number of unbranched alkanes of at least 4 members (excludes halogenated alkanes) is 6. The molecule has 0 aliphatic carbocycles. The second-order valence-corrected chi connectivity index (χ2v) is 8.71. The van der Waals surface area contributed by atoms with E-state index in [9.17, 15) is 8.78 Å². The van der Waals surface area contributed by atoms with Crippen molar-refractivity contribution in [1.29, 1.82) is 0 Å². The van der Waals surface area contributed by atoms with Crippen LogP contribution in [0.1, 0.15) is 63.0 Å². The van der Waals surface area contributed by atoms with Gasteiger partial charge < -0.3 is 9.47 Å². The zero-order chi connectivity index (χ0) is 24.0. The minimum atomic E-state index is -2.80. The smallest absolute Gasteiger partial charge is 0.387 e. The van der Waals surface area contributed by atoms with E-state index in [1.54, 1.807) is 24.3 Å². The molecule has 3 aromatic rings. The zero-order valence-electron chi connectivity index (χ0n) is 20.1. The summed E-state index contributed by atoms with van der Waals surface area (Å²) >= 11 is 0. The molecule has 4 heteroatoms. The van der Waals surface area contributed by atoms with Crippen LogP contribution in [0.4, 0.5) is 8.78 Å². The highest BCUT2D eigenvalue weighted by Crippen LogP contribution is 2.24. The Labute approximate surface area is 202 Å². The van der Waals surface area contributed by atoms with Crippen LogP contribution in [-0.2, 0) is 12.8 Å². The van der Waals surface area contributed by atoms with E-state index in [0.29, 0.717) is 0 Å². The van der Waals surface area contributed by atoms with E-state index >= 15 is 0 Å². The lowest BCUT2D eigenvalue weighted by Gasteiger charge is -2.09. The van der Waals surface area contributed by atoms with Crippen LogP contribution >= 0.6 is 0 Å². The van der Waals surface area contributed by atoms with E-state index in [2.05, 4.69) is 60.2 Å². The lowest BCUT2D eigenvalue weighted by Crippen LogP contribution is -2.01. The van der Waals surface area contributed by atoms with Gasteiger partial charge in [0.05, 0.1) is 6.61 Å². The summed E-state index contributed by atoms with van der Waals surface area (Å²) in [5.41, 5.74) is 4.58. The van der Waals surface area contributed by atoms with Crippen LogP contribution in [0.3, 0.4) is 0 Å². The van der Waals surface area contributed by atoms with Gasteiger partial charge in [0.1, 0.15) is 11.5 Å². The zero-order valence-corrected chi connectivity index (χ0v) is 20.1. The van der Waals surface area contributed by atoms with Crippen molar-refractivity contribution in [2.75, 3.05) is 6.61 Å². The van der Waals surface area contributed by atoms with Crippen molar-refractivity contribution in [3.63, 3.8) is 0 Å². The Kier molecular flexibility index (Phi) is 10.9. The molecule has 0 aliphatic heterocycles. The third-order valence-electron chi connectivity index (χ3n) is 6.01. The van der Waals surface area contributed by atoms with Gasteiger partial charge in [-0.3, -0.25) is 0 Å². The third-order valence-corrected chi connectivity index (χ3v) is 6.01. The number of rotatable bonds is 15. The summed E-state index contributed by atoms with van der Waals surface area (Å²) < 4.78 is 34.9. The van der Waals surface area contributed by atoms with Crippen LogP contribution in [0.2, 0.25) is 0 Å². The van der Waals surface area contributed by atoms with Gasteiger partial charge in [-0.25, -0.2) is 0 Å². The molecule has 2 nitrogen and oxygen atoms in total. The molecule has 0 aromatic heterocycles. The number of hydrogen-bond acceptors (Lipinski definition) is 2. The summed E-state index contributed by atoms with van der Waals surface area (Å²) in [6.07, 6.45) is 11.0. The van der Waals surface area contributed by atoms with Gasteiger partial charge in [0.2, 0.25) is 0 Å². The summed E-state index contributed by atoms with van der Waals surface area (Å²) in [6, 6.07) is 23.6. The first-order valence-corrected chi connectivity index (χ1v) is 12.5. The SMILES string of the molecule is CCCCCCCCCOc1ccc(CCc2ccc(-c3ccc(OC(F)F)cc3)cc2)cc1. The number of halogens is 2. The van der Waals surface area contributed by atoms with Gasteiger partial charge in [0, 0.05) is 0 Å². The van der Waals surface area contributed by atoms with Gasteiger partial charge in [0.25, 0.3) is 0 Å². The molecule has 0 N–H and O–H groups in total. The van der Waals surface area contributed by atoms with Crippen LogP contribution in [-0.4, -0.2) is 13.2 Å². The fourth-order valence-electron chi connectivity index (χ4n) is 3.98. The Morgan fingerprint density at radius 2 is 1.06 bits per heavy atom. The van der Waals surface area contributed by atoms with E-state index < -0.39 is 6.61 Å². The maximum absolute atomic E-state index is 12.3. The summed E-state index contributed by atoms with van der Waals surface area (Å²) in [5.74, 6) is 1.12. The Balaban J connectivity index is 1.38. The van der Waals surface area contributed by atoms with Gasteiger partial charge in [-0.15, -0.1) is 0 Å². The Hall–Kier alpha value is -2.88. The fourth-order valence-corrected chi connectivity index (χ4v) is 3.98. The lowest BCUT2D eigenvalue weighted by molar-refractivity contribution is -0.0498. The molecule has 3 aromatic carbocycles. The second kappa shape index (κ2) is 14.4. The number of benzene rings is 3. The Morgan fingerprint density at radius 1 is 0.588 bits per heavy atom. The number of alkyl halides is 2. The highest BCUT2D eigenvalue weighted by Gasteiger charge is 2.05. The second-order valence-electron chi connectivity index (χ2n) is 8.71. The molecule has 0 saturated carbocycles. The largest absolute Gasteiger partial charge is 0.494 e. The van der Waals surface area contributed by atoms with Gasteiger partial charge >= 0.3 is 6.61 Å². The van der Waals surface area contributed by atoms with E-state index in [4.69, 9.17) is 4.74 Å². The first-order chi connectivity index (χ1) is 16.6. The molecule has 0 heterocycles. The van der Waals surface area contributed by atoms with Crippen molar-refractivity contribution in [2.24, 2.45) is 0 Å². The first-order valence-electron chi connectivity index (χ1n) is 12.5. The van der Waals surface area contributed by atoms with Gasteiger partial charge in [-0.2, -0.15) is 8.78 Å². The predicted octanol–water partition coefficient (Wildman–Crippen LogP) is 8.87. The molecule has 0 aliphatic rings. The first kappa shape index (κ1) is 25.7. The van der Waals surface area contributed by atoms with Crippen LogP contribution in [0.5, 0.6) is 11.5 Å². The van der Waals surface area contributed by atoms with Crippen LogP contribution in [0, 0.1) is 0 Å². The molecule has 0 spiro atoms. The molecule has 0 saturated heterocycles. The van der Waals surface area contributed by atoms with Crippen LogP contribution in [0.15, 0.2) is 72.8 Å².